The maximum absolute atomic E-state index is 12.5. The second-order valence-electron chi connectivity index (χ2n) is 9.15. The van der Waals surface area contributed by atoms with Crippen LogP contribution in [0.3, 0.4) is 0 Å². The van der Waals surface area contributed by atoms with Gasteiger partial charge in [-0.25, -0.2) is 0 Å². The van der Waals surface area contributed by atoms with Gasteiger partial charge in [0.1, 0.15) is 0 Å². The van der Waals surface area contributed by atoms with Gasteiger partial charge in [-0.2, -0.15) is 0 Å². The van der Waals surface area contributed by atoms with Crippen molar-refractivity contribution in [3.05, 3.63) is 5.89 Å². The smallest absolute Gasteiger partial charge is 0.277 e. The highest BCUT2D eigenvalue weighted by Crippen LogP contribution is 2.60. The molecule has 0 spiro atoms. The summed E-state index contributed by atoms with van der Waals surface area (Å²) >= 11 is 1.42. The SMILES string of the molecule is O=C(CSc1nnc(C23CC4CC(CC(C4)C2)C3)o1)N1CCCCCC1. The summed E-state index contributed by atoms with van der Waals surface area (Å²) < 4.78 is 6.10. The summed E-state index contributed by atoms with van der Waals surface area (Å²) in [5.41, 5.74) is 0.148. The van der Waals surface area contributed by atoms with Crippen molar-refractivity contribution in [3.8, 4) is 0 Å². The van der Waals surface area contributed by atoms with Crippen molar-refractivity contribution in [2.45, 2.75) is 74.8 Å². The van der Waals surface area contributed by atoms with Crippen LogP contribution in [0, 0.1) is 17.8 Å². The van der Waals surface area contributed by atoms with Gasteiger partial charge in [-0.3, -0.25) is 4.79 Å². The van der Waals surface area contributed by atoms with E-state index in [1.54, 1.807) is 0 Å². The average molecular weight is 376 g/mol. The van der Waals surface area contributed by atoms with Crippen LogP contribution in [0.15, 0.2) is 9.64 Å². The van der Waals surface area contributed by atoms with E-state index in [-0.39, 0.29) is 11.3 Å². The molecule has 142 valence electrons. The predicted octanol–water partition coefficient (Wildman–Crippen LogP) is 4.03. The number of carbonyl (C=O) groups is 1. The molecule has 26 heavy (non-hydrogen) atoms. The van der Waals surface area contributed by atoms with E-state index in [1.807, 2.05) is 4.90 Å². The van der Waals surface area contributed by atoms with E-state index in [1.165, 1.54) is 63.1 Å². The molecule has 0 N–H and O–H groups in total. The van der Waals surface area contributed by atoms with E-state index in [2.05, 4.69) is 10.2 Å². The molecule has 0 aromatic carbocycles. The molecule has 2 heterocycles. The zero-order valence-electron chi connectivity index (χ0n) is 15.5. The van der Waals surface area contributed by atoms with Gasteiger partial charge in [0.2, 0.25) is 11.8 Å². The van der Waals surface area contributed by atoms with Crippen molar-refractivity contribution >= 4 is 17.7 Å². The molecule has 0 unspecified atom stereocenters. The van der Waals surface area contributed by atoms with Gasteiger partial charge in [-0.05, 0) is 69.1 Å². The Morgan fingerprint density at radius 3 is 2.23 bits per heavy atom. The predicted molar refractivity (Wildman–Crippen MR) is 99.9 cm³/mol. The van der Waals surface area contributed by atoms with Crippen molar-refractivity contribution in [1.82, 2.24) is 15.1 Å². The largest absolute Gasteiger partial charge is 0.415 e. The highest BCUT2D eigenvalue weighted by Gasteiger charge is 2.54. The highest BCUT2D eigenvalue weighted by molar-refractivity contribution is 7.99. The lowest BCUT2D eigenvalue weighted by atomic mass is 9.49. The molecule has 0 atom stereocenters. The molecule has 5 aliphatic rings. The summed E-state index contributed by atoms with van der Waals surface area (Å²) in [7, 11) is 0. The molecule has 1 aliphatic heterocycles. The van der Waals surface area contributed by atoms with Gasteiger partial charge in [0, 0.05) is 18.5 Å². The summed E-state index contributed by atoms with van der Waals surface area (Å²) in [6.07, 6.45) is 12.7. The fourth-order valence-electron chi connectivity index (χ4n) is 6.39. The van der Waals surface area contributed by atoms with Crippen molar-refractivity contribution in [3.63, 3.8) is 0 Å². The fraction of sp³-hybridized carbons (Fsp3) is 0.850. The van der Waals surface area contributed by atoms with E-state index in [4.69, 9.17) is 4.42 Å². The van der Waals surface area contributed by atoms with Gasteiger partial charge in [0.15, 0.2) is 0 Å². The van der Waals surface area contributed by atoms with Crippen molar-refractivity contribution in [1.29, 1.82) is 0 Å². The van der Waals surface area contributed by atoms with Crippen LogP contribution >= 0.6 is 11.8 Å². The zero-order chi connectivity index (χ0) is 17.6. The molecule has 1 aromatic heterocycles. The lowest BCUT2D eigenvalue weighted by molar-refractivity contribution is -0.128. The molecule has 6 rings (SSSR count). The minimum atomic E-state index is 0.148. The standard InChI is InChI=1S/C20H29N3O2S/c24-17(23-5-3-1-2-4-6-23)13-26-19-22-21-18(25-19)20-10-14-7-15(11-20)9-16(8-14)12-20/h14-16H,1-13H2. The minimum Gasteiger partial charge on any atom is -0.415 e. The summed E-state index contributed by atoms with van der Waals surface area (Å²) in [6.45, 7) is 1.81. The first-order chi connectivity index (χ1) is 12.7. The number of thioether (sulfide) groups is 1. The number of carbonyl (C=O) groups excluding carboxylic acids is 1. The minimum absolute atomic E-state index is 0.148. The van der Waals surface area contributed by atoms with Gasteiger partial charge in [0.25, 0.3) is 5.22 Å². The lowest BCUT2D eigenvalue weighted by Crippen LogP contribution is -2.48. The number of amides is 1. The Kier molecular flexibility index (Phi) is 4.50. The first-order valence-corrected chi connectivity index (χ1v) is 11.4. The summed E-state index contributed by atoms with van der Waals surface area (Å²) in [5.74, 6) is 4.10. The summed E-state index contributed by atoms with van der Waals surface area (Å²) in [4.78, 5) is 14.5. The van der Waals surface area contributed by atoms with E-state index in [0.29, 0.717) is 11.0 Å². The average Bonchev–Trinajstić information content (AvgIpc) is 2.93. The molecule has 4 aliphatic carbocycles. The van der Waals surface area contributed by atoms with Crippen LogP contribution in [0.5, 0.6) is 0 Å². The molecule has 1 aromatic rings. The van der Waals surface area contributed by atoms with Gasteiger partial charge >= 0.3 is 0 Å². The number of likely N-dealkylation sites (tertiary alicyclic amines) is 1. The van der Waals surface area contributed by atoms with Gasteiger partial charge in [-0.1, -0.05) is 24.6 Å². The molecular weight excluding hydrogens is 346 g/mol. The normalized spacial score (nSPS) is 36.3. The molecule has 0 radical (unpaired) electrons. The third-order valence-corrected chi connectivity index (χ3v) is 7.98. The molecule has 4 bridgehead atoms. The molecule has 6 heteroatoms. The van der Waals surface area contributed by atoms with Crippen LogP contribution in [0.25, 0.3) is 0 Å². The molecule has 1 saturated heterocycles. The number of nitrogens with zero attached hydrogens (tertiary/aromatic N) is 3. The van der Waals surface area contributed by atoms with Crippen LogP contribution in [0.1, 0.15) is 70.1 Å². The molecule has 4 saturated carbocycles. The fourth-order valence-corrected chi connectivity index (χ4v) is 7.06. The molecular formula is C20H29N3O2S. The topological polar surface area (TPSA) is 59.2 Å². The van der Waals surface area contributed by atoms with Gasteiger partial charge in [0.05, 0.1) is 5.75 Å². The van der Waals surface area contributed by atoms with Crippen LogP contribution in [0.2, 0.25) is 0 Å². The number of rotatable bonds is 4. The van der Waals surface area contributed by atoms with Crippen molar-refractivity contribution < 1.29 is 9.21 Å². The molecule has 1 amide bonds. The molecule has 5 nitrogen and oxygen atoms in total. The first kappa shape index (κ1) is 17.1. The Labute approximate surface area is 159 Å². The third-order valence-electron chi connectivity index (χ3n) is 7.18. The maximum Gasteiger partial charge on any atom is 0.277 e. The van der Waals surface area contributed by atoms with Crippen molar-refractivity contribution in [2.75, 3.05) is 18.8 Å². The monoisotopic (exact) mass is 375 g/mol. The highest BCUT2D eigenvalue weighted by atomic mass is 32.2. The van der Waals surface area contributed by atoms with Gasteiger partial charge in [-0.15, -0.1) is 10.2 Å². The second kappa shape index (κ2) is 6.84. The second-order valence-corrected chi connectivity index (χ2v) is 10.1. The molecule has 5 fully saturated rings. The van der Waals surface area contributed by atoms with E-state index in [0.717, 1.165) is 49.6 Å². The van der Waals surface area contributed by atoms with Gasteiger partial charge < -0.3 is 9.32 Å². The Hall–Kier alpha value is -1.04. The van der Waals surface area contributed by atoms with Crippen LogP contribution in [-0.2, 0) is 10.2 Å². The van der Waals surface area contributed by atoms with Crippen molar-refractivity contribution in [2.24, 2.45) is 17.8 Å². The van der Waals surface area contributed by atoms with E-state index >= 15 is 0 Å². The Balaban J connectivity index is 1.23. The quantitative estimate of drug-likeness (QED) is 0.744. The maximum atomic E-state index is 12.5. The van der Waals surface area contributed by atoms with Crippen LogP contribution in [0.4, 0.5) is 0 Å². The van der Waals surface area contributed by atoms with E-state index < -0.39 is 0 Å². The summed E-state index contributed by atoms with van der Waals surface area (Å²) in [5, 5.41) is 9.32. The Bertz CT molecular complexity index is 630. The third kappa shape index (κ3) is 3.19. The Morgan fingerprint density at radius 1 is 1.00 bits per heavy atom. The lowest BCUT2D eigenvalue weighted by Gasteiger charge is -2.55. The number of aromatic nitrogens is 2. The Morgan fingerprint density at radius 2 is 1.62 bits per heavy atom. The zero-order valence-corrected chi connectivity index (χ0v) is 16.3. The van der Waals surface area contributed by atoms with Crippen LogP contribution < -0.4 is 0 Å². The number of hydrogen-bond donors (Lipinski definition) is 0. The summed E-state index contributed by atoms with van der Waals surface area (Å²) in [6, 6.07) is 0. The van der Waals surface area contributed by atoms with E-state index in [9.17, 15) is 4.79 Å². The number of hydrogen-bond acceptors (Lipinski definition) is 5. The van der Waals surface area contributed by atoms with Crippen LogP contribution in [-0.4, -0.2) is 39.8 Å². The first-order valence-electron chi connectivity index (χ1n) is 10.4.